The highest BCUT2D eigenvalue weighted by Gasteiger charge is 2.34. The molecule has 2 unspecified atom stereocenters. The molecule has 1 heterocycles. The number of hydrogen-bond acceptors (Lipinski definition) is 5. The maximum Gasteiger partial charge on any atom is 0.305 e. The van der Waals surface area contributed by atoms with Crippen LogP contribution in [0.4, 0.5) is 5.69 Å². The summed E-state index contributed by atoms with van der Waals surface area (Å²) < 4.78 is 5.08. The average Bonchev–Trinajstić information content (AvgIpc) is 3.33. The molecule has 0 saturated carbocycles. The topological polar surface area (TPSA) is 71.0 Å². The zero-order valence-electron chi connectivity index (χ0n) is 20.8. The second kappa shape index (κ2) is 12.3. The third kappa shape index (κ3) is 6.70. The van der Waals surface area contributed by atoms with Crippen molar-refractivity contribution in [3.63, 3.8) is 0 Å². The van der Waals surface area contributed by atoms with E-state index in [4.69, 9.17) is 33.0 Å². The molecule has 8 heteroatoms. The molecular formula is C29H29Cl2N3O3. The summed E-state index contributed by atoms with van der Waals surface area (Å²) in [6.45, 7) is 4.12. The number of amides is 1. The second-order valence-electron chi connectivity index (χ2n) is 8.90. The maximum absolute atomic E-state index is 13.5. The summed E-state index contributed by atoms with van der Waals surface area (Å²) in [5, 5.41) is 10.6. The Morgan fingerprint density at radius 3 is 2.49 bits per heavy atom. The van der Waals surface area contributed by atoms with Gasteiger partial charge in [0.1, 0.15) is 5.71 Å². The van der Waals surface area contributed by atoms with E-state index in [1.807, 2.05) is 67.6 Å². The van der Waals surface area contributed by atoms with Gasteiger partial charge in [0.05, 0.1) is 29.4 Å². The van der Waals surface area contributed by atoms with Gasteiger partial charge in [-0.2, -0.15) is 5.10 Å². The molecule has 3 aromatic rings. The van der Waals surface area contributed by atoms with Gasteiger partial charge in [-0.3, -0.25) is 14.6 Å². The first-order valence-corrected chi connectivity index (χ1v) is 13.0. The quantitative estimate of drug-likeness (QED) is 0.304. The Hall–Kier alpha value is -3.35. The van der Waals surface area contributed by atoms with E-state index in [-0.39, 0.29) is 30.4 Å². The Morgan fingerprint density at radius 1 is 1.08 bits per heavy atom. The van der Waals surface area contributed by atoms with Crippen molar-refractivity contribution in [2.24, 2.45) is 5.10 Å². The first-order valence-electron chi connectivity index (χ1n) is 12.3. The third-order valence-corrected chi connectivity index (χ3v) is 6.78. The monoisotopic (exact) mass is 537 g/mol. The molecule has 0 radical (unpaired) electrons. The standard InChI is InChI=1S/C29H29Cl2N3O3/c1-3-37-28(35)16-14-24(20-7-5-4-6-8-20)32-29(36)25-18-27(21-11-9-19(2)10-12-21)34(33-25)26-15-13-22(30)17-23(26)31/h4-13,15,17,24,27H,3,14,16,18H2,1-2H3,(H,32,36). The number of esters is 1. The number of nitrogens with one attached hydrogen (secondary N) is 1. The summed E-state index contributed by atoms with van der Waals surface area (Å²) in [6.07, 6.45) is 1.00. The highest BCUT2D eigenvalue weighted by atomic mass is 35.5. The van der Waals surface area contributed by atoms with Crippen LogP contribution in [0, 0.1) is 6.92 Å². The van der Waals surface area contributed by atoms with Crippen LogP contribution in [0.25, 0.3) is 0 Å². The fourth-order valence-corrected chi connectivity index (χ4v) is 4.82. The molecule has 0 aliphatic carbocycles. The molecule has 37 heavy (non-hydrogen) atoms. The minimum Gasteiger partial charge on any atom is -0.466 e. The number of nitrogens with zero attached hydrogens (tertiary/aromatic N) is 2. The predicted octanol–water partition coefficient (Wildman–Crippen LogP) is 6.81. The Kier molecular flexibility index (Phi) is 8.85. The molecule has 1 aliphatic rings. The number of anilines is 1. The number of halogens is 2. The van der Waals surface area contributed by atoms with E-state index < -0.39 is 0 Å². The van der Waals surface area contributed by atoms with Crippen LogP contribution in [0.1, 0.15) is 55.0 Å². The van der Waals surface area contributed by atoms with Gasteiger partial charge in [-0.25, -0.2) is 0 Å². The van der Waals surface area contributed by atoms with E-state index >= 15 is 0 Å². The third-order valence-electron chi connectivity index (χ3n) is 6.24. The summed E-state index contributed by atoms with van der Waals surface area (Å²) in [6, 6.07) is 22.4. The van der Waals surface area contributed by atoms with Crippen molar-refractivity contribution in [3.05, 3.63) is 99.5 Å². The Morgan fingerprint density at radius 2 is 1.81 bits per heavy atom. The van der Waals surface area contributed by atoms with Crippen LogP contribution in [0.5, 0.6) is 0 Å². The fraction of sp³-hybridized carbons (Fsp3) is 0.276. The van der Waals surface area contributed by atoms with Gasteiger partial charge in [0.2, 0.25) is 0 Å². The smallest absolute Gasteiger partial charge is 0.305 e. The highest BCUT2D eigenvalue weighted by molar-refractivity contribution is 6.40. The molecule has 4 rings (SSSR count). The van der Waals surface area contributed by atoms with Gasteiger partial charge in [-0.1, -0.05) is 83.4 Å². The number of benzene rings is 3. The summed E-state index contributed by atoms with van der Waals surface area (Å²) in [4.78, 5) is 25.5. The van der Waals surface area contributed by atoms with Crippen LogP contribution >= 0.6 is 23.2 Å². The Labute approximate surface area is 227 Å². The van der Waals surface area contributed by atoms with Crippen molar-refractivity contribution in [3.8, 4) is 0 Å². The van der Waals surface area contributed by atoms with Crippen LogP contribution < -0.4 is 10.3 Å². The second-order valence-corrected chi connectivity index (χ2v) is 9.74. The van der Waals surface area contributed by atoms with Gasteiger partial charge in [-0.15, -0.1) is 0 Å². The Bertz CT molecular complexity index is 1280. The van der Waals surface area contributed by atoms with Crippen molar-refractivity contribution in [1.82, 2.24) is 5.32 Å². The molecule has 0 saturated heterocycles. The van der Waals surface area contributed by atoms with Crippen molar-refractivity contribution in [2.75, 3.05) is 11.6 Å². The molecule has 6 nitrogen and oxygen atoms in total. The minimum absolute atomic E-state index is 0.193. The van der Waals surface area contributed by atoms with Crippen molar-refractivity contribution in [2.45, 2.75) is 45.2 Å². The first-order chi connectivity index (χ1) is 17.9. The van der Waals surface area contributed by atoms with Gasteiger partial charge >= 0.3 is 5.97 Å². The molecule has 192 valence electrons. The highest BCUT2D eigenvalue weighted by Crippen LogP contribution is 2.39. The van der Waals surface area contributed by atoms with Gasteiger partial charge in [0.15, 0.2) is 0 Å². The SMILES string of the molecule is CCOC(=O)CCC(NC(=O)C1=NN(c2ccc(Cl)cc2Cl)C(c2ccc(C)cc2)C1)c1ccccc1. The summed E-state index contributed by atoms with van der Waals surface area (Å²) in [7, 11) is 0. The molecule has 2 atom stereocenters. The molecule has 1 N–H and O–H groups in total. The largest absolute Gasteiger partial charge is 0.466 e. The lowest BCUT2D eigenvalue weighted by Crippen LogP contribution is -2.34. The van der Waals surface area contributed by atoms with Gasteiger partial charge < -0.3 is 10.1 Å². The number of carbonyl (C=O) groups excluding carboxylic acids is 2. The molecule has 0 fully saturated rings. The average molecular weight is 538 g/mol. The lowest BCUT2D eigenvalue weighted by Gasteiger charge is -2.25. The molecule has 1 amide bonds. The number of hydrogen-bond donors (Lipinski definition) is 1. The van der Waals surface area contributed by atoms with Crippen LogP contribution in [-0.2, 0) is 14.3 Å². The first kappa shape index (κ1) is 26.7. The molecule has 1 aliphatic heterocycles. The zero-order valence-corrected chi connectivity index (χ0v) is 22.3. The number of carbonyl (C=O) groups is 2. The Balaban J connectivity index is 1.60. The van der Waals surface area contributed by atoms with Crippen LogP contribution in [0.3, 0.4) is 0 Å². The van der Waals surface area contributed by atoms with Gasteiger partial charge in [0.25, 0.3) is 5.91 Å². The zero-order chi connectivity index (χ0) is 26.4. The van der Waals surface area contributed by atoms with E-state index in [9.17, 15) is 9.59 Å². The van der Waals surface area contributed by atoms with Crippen LogP contribution in [0.2, 0.25) is 10.0 Å². The van der Waals surface area contributed by atoms with Gasteiger partial charge in [-0.05, 0) is 49.6 Å². The number of hydrazone groups is 1. The molecule has 0 aromatic heterocycles. The molecule has 0 spiro atoms. The van der Waals surface area contributed by atoms with E-state index in [0.29, 0.717) is 40.9 Å². The lowest BCUT2D eigenvalue weighted by atomic mass is 9.98. The van der Waals surface area contributed by atoms with Crippen molar-refractivity contribution >= 4 is 46.5 Å². The summed E-state index contributed by atoms with van der Waals surface area (Å²) in [5.41, 5.74) is 4.12. The van der Waals surface area contributed by atoms with E-state index in [1.165, 1.54) is 0 Å². The summed E-state index contributed by atoms with van der Waals surface area (Å²) >= 11 is 12.7. The predicted molar refractivity (Wildman–Crippen MR) is 148 cm³/mol. The van der Waals surface area contributed by atoms with Gasteiger partial charge in [0, 0.05) is 17.9 Å². The number of ether oxygens (including phenoxy) is 1. The number of rotatable bonds is 9. The van der Waals surface area contributed by atoms with E-state index in [2.05, 4.69) is 5.32 Å². The molecule has 0 bridgehead atoms. The minimum atomic E-state index is -0.369. The van der Waals surface area contributed by atoms with Crippen LogP contribution in [0.15, 0.2) is 77.9 Å². The maximum atomic E-state index is 13.5. The number of aryl methyl sites for hydroxylation is 1. The van der Waals surface area contributed by atoms with E-state index in [0.717, 1.165) is 16.7 Å². The lowest BCUT2D eigenvalue weighted by molar-refractivity contribution is -0.143. The molecular weight excluding hydrogens is 509 g/mol. The van der Waals surface area contributed by atoms with Crippen molar-refractivity contribution in [1.29, 1.82) is 0 Å². The fourth-order valence-electron chi connectivity index (χ4n) is 4.33. The van der Waals surface area contributed by atoms with E-state index in [1.54, 1.807) is 24.1 Å². The molecule has 3 aromatic carbocycles. The van der Waals surface area contributed by atoms with Crippen LogP contribution in [-0.4, -0.2) is 24.2 Å². The normalized spacial score (nSPS) is 15.7. The van der Waals surface area contributed by atoms with Crippen molar-refractivity contribution < 1.29 is 14.3 Å². The summed E-state index contributed by atoms with van der Waals surface area (Å²) in [5.74, 6) is -0.582.